The Morgan fingerprint density at radius 3 is 2.23 bits per heavy atom. The summed E-state index contributed by atoms with van der Waals surface area (Å²) >= 11 is 0. The topological polar surface area (TPSA) is 107 Å². The molecule has 6 rings (SSSR count). The van der Waals surface area contributed by atoms with Crippen LogP contribution in [-0.4, -0.2) is 109 Å². The molecule has 3 aromatic rings. The highest BCUT2D eigenvalue weighted by atomic mass is 32.2. The minimum atomic E-state index is -4.03. The predicted molar refractivity (Wildman–Crippen MR) is 169 cm³/mol. The lowest BCUT2D eigenvalue weighted by molar-refractivity contribution is 0.0692. The van der Waals surface area contributed by atoms with Crippen molar-refractivity contribution in [1.82, 2.24) is 33.6 Å². The van der Waals surface area contributed by atoms with E-state index in [9.17, 15) is 17.6 Å². The number of halogens is 1. The molecule has 11 nitrogen and oxygen atoms in total. The fourth-order valence-corrected chi connectivity index (χ4v) is 7.09. The number of amides is 1. The van der Waals surface area contributed by atoms with Crippen molar-refractivity contribution in [2.24, 2.45) is 0 Å². The van der Waals surface area contributed by atoms with Gasteiger partial charge in [-0.1, -0.05) is 6.42 Å². The second-order valence-electron chi connectivity index (χ2n) is 12.7. The molecule has 2 aromatic heterocycles. The van der Waals surface area contributed by atoms with E-state index in [2.05, 4.69) is 33.3 Å². The predicted octanol–water partition coefficient (Wildman–Crippen LogP) is 3.36. The van der Waals surface area contributed by atoms with Crippen molar-refractivity contribution in [3.8, 4) is 5.69 Å². The Kier molecular flexibility index (Phi) is 8.66. The quantitative estimate of drug-likeness (QED) is 0.406. The van der Waals surface area contributed by atoms with Crippen molar-refractivity contribution < 1.29 is 17.6 Å². The Morgan fingerprint density at radius 2 is 1.66 bits per heavy atom. The average Bonchev–Trinajstić information content (AvgIpc) is 3.35. The lowest BCUT2D eigenvalue weighted by Crippen LogP contribution is -2.54. The normalized spacial score (nSPS) is 19.7. The number of nitrogens with zero attached hydrogens (tertiary/aromatic N) is 7. The van der Waals surface area contributed by atoms with Crippen molar-refractivity contribution in [1.29, 1.82) is 0 Å². The van der Waals surface area contributed by atoms with Crippen LogP contribution < -0.4 is 9.62 Å². The molecule has 0 bridgehead atoms. The third kappa shape index (κ3) is 6.07. The number of pyridine rings is 1. The smallest absolute Gasteiger partial charge is 0.303 e. The van der Waals surface area contributed by atoms with Gasteiger partial charge < -0.3 is 4.90 Å². The van der Waals surface area contributed by atoms with Gasteiger partial charge in [-0.25, -0.2) is 18.8 Å². The number of hydrogen-bond acceptors (Lipinski definition) is 8. The first-order valence-corrected chi connectivity index (χ1v) is 17.1. The number of carbonyl (C=O) groups is 1. The molecule has 1 aliphatic carbocycles. The van der Waals surface area contributed by atoms with Gasteiger partial charge in [0.25, 0.3) is 5.91 Å². The minimum Gasteiger partial charge on any atom is -0.371 e. The molecule has 0 spiro atoms. The number of benzene rings is 1. The van der Waals surface area contributed by atoms with Crippen molar-refractivity contribution in [2.75, 3.05) is 58.3 Å². The first-order chi connectivity index (χ1) is 21.0. The van der Waals surface area contributed by atoms with Crippen molar-refractivity contribution in [3.63, 3.8) is 0 Å². The maximum Gasteiger partial charge on any atom is 0.303 e. The average molecular weight is 627 g/mol. The molecule has 4 heterocycles. The molecule has 0 radical (unpaired) electrons. The molecule has 1 N–H and O–H groups in total. The van der Waals surface area contributed by atoms with E-state index in [-0.39, 0.29) is 17.4 Å². The monoisotopic (exact) mass is 626 g/mol. The number of piperidine rings is 1. The summed E-state index contributed by atoms with van der Waals surface area (Å²) < 4.78 is 43.7. The van der Waals surface area contributed by atoms with Crippen LogP contribution in [0.15, 0.2) is 30.3 Å². The zero-order valence-electron chi connectivity index (χ0n) is 26.0. The van der Waals surface area contributed by atoms with Crippen molar-refractivity contribution in [2.45, 2.75) is 64.0 Å². The van der Waals surface area contributed by atoms with Gasteiger partial charge in [0, 0.05) is 71.4 Å². The lowest BCUT2D eigenvalue weighted by Gasteiger charge is -2.44. The third-order valence-corrected chi connectivity index (χ3v) is 10.9. The fraction of sp³-hybridized carbons (Fsp3) is 0.581. The largest absolute Gasteiger partial charge is 0.371 e. The molecule has 3 fully saturated rings. The molecule has 44 heavy (non-hydrogen) atoms. The molecule has 1 amide bonds. The SMILES string of the molecule is CC(C)N1CCN(C2CCN(c3cc(C(=O)NS(=O)(=O)N(C)C)nc4c3c(C3CCC3)nn4-c3ccc(F)cc3)CC2)CC1. The highest BCUT2D eigenvalue weighted by molar-refractivity contribution is 7.87. The van der Waals surface area contributed by atoms with Gasteiger partial charge in [0.2, 0.25) is 0 Å². The van der Waals surface area contributed by atoms with Gasteiger partial charge in [-0.2, -0.15) is 17.8 Å². The molecule has 13 heteroatoms. The van der Waals surface area contributed by atoms with E-state index in [0.717, 1.165) is 92.4 Å². The van der Waals surface area contributed by atoms with E-state index in [4.69, 9.17) is 10.1 Å². The van der Waals surface area contributed by atoms with Crippen LogP contribution in [0.3, 0.4) is 0 Å². The summed E-state index contributed by atoms with van der Waals surface area (Å²) in [5, 5.41) is 5.90. The summed E-state index contributed by atoms with van der Waals surface area (Å²) in [4.78, 5) is 25.6. The van der Waals surface area contributed by atoms with Gasteiger partial charge in [-0.3, -0.25) is 14.6 Å². The Bertz CT molecular complexity index is 1600. The van der Waals surface area contributed by atoms with E-state index in [0.29, 0.717) is 23.4 Å². The summed E-state index contributed by atoms with van der Waals surface area (Å²) in [6.07, 6.45) is 5.14. The van der Waals surface area contributed by atoms with E-state index in [1.807, 2.05) is 0 Å². The molecule has 2 aliphatic heterocycles. The fourth-order valence-electron chi connectivity index (χ4n) is 6.57. The number of carbonyl (C=O) groups excluding carboxylic acids is 1. The van der Waals surface area contributed by atoms with Gasteiger partial charge >= 0.3 is 10.2 Å². The number of fused-ring (bicyclic) bond motifs is 1. The Labute approximate surface area is 259 Å². The van der Waals surface area contributed by atoms with Crippen molar-refractivity contribution >= 4 is 32.8 Å². The Morgan fingerprint density at radius 1 is 1.00 bits per heavy atom. The number of anilines is 1. The van der Waals surface area contributed by atoms with Gasteiger partial charge in [0.05, 0.1) is 22.5 Å². The second kappa shape index (κ2) is 12.3. The highest BCUT2D eigenvalue weighted by Crippen LogP contribution is 2.43. The van der Waals surface area contributed by atoms with Crippen LogP contribution in [0.4, 0.5) is 10.1 Å². The molecular weight excluding hydrogens is 583 g/mol. The maximum atomic E-state index is 13.9. The summed E-state index contributed by atoms with van der Waals surface area (Å²) in [5.74, 6) is -0.902. The molecule has 3 aliphatic rings. The number of aromatic nitrogens is 3. The number of nitrogens with one attached hydrogen (secondary N) is 1. The molecule has 1 aromatic carbocycles. The highest BCUT2D eigenvalue weighted by Gasteiger charge is 2.33. The summed E-state index contributed by atoms with van der Waals surface area (Å²) in [6, 6.07) is 8.82. The van der Waals surface area contributed by atoms with E-state index < -0.39 is 16.1 Å². The zero-order chi connectivity index (χ0) is 31.2. The molecule has 0 unspecified atom stereocenters. The first kappa shape index (κ1) is 30.9. The number of hydrogen-bond donors (Lipinski definition) is 1. The van der Waals surface area contributed by atoms with Gasteiger partial charge in [-0.05, 0) is 69.9 Å². The molecular formula is C31H43FN8O3S. The van der Waals surface area contributed by atoms with Crippen LogP contribution in [0.5, 0.6) is 0 Å². The molecule has 2 saturated heterocycles. The summed E-state index contributed by atoms with van der Waals surface area (Å²) in [6.45, 7) is 10.4. The molecule has 238 valence electrons. The summed E-state index contributed by atoms with van der Waals surface area (Å²) in [7, 11) is -1.31. The Hall–Kier alpha value is -3.13. The van der Waals surface area contributed by atoms with Crippen molar-refractivity contribution in [3.05, 3.63) is 47.5 Å². The minimum absolute atomic E-state index is 0.00623. The van der Waals surface area contributed by atoms with E-state index >= 15 is 0 Å². The molecule has 0 atom stereocenters. The molecule has 1 saturated carbocycles. The zero-order valence-corrected chi connectivity index (χ0v) is 26.9. The third-order valence-electron chi connectivity index (χ3n) is 9.54. The van der Waals surface area contributed by atoms with Crippen LogP contribution in [0, 0.1) is 5.82 Å². The first-order valence-electron chi connectivity index (χ1n) is 15.7. The van der Waals surface area contributed by atoms with Gasteiger partial charge in [0.15, 0.2) is 5.65 Å². The maximum absolute atomic E-state index is 13.9. The number of piperazine rings is 1. The van der Waals surface area contributed by atoms with Gasteiger partial charge in [0.1, 0.15) is 11.5 Å². The van der Waals surface area contributed by atoms with Gasteiger partial charge in [-0.15, -0.1) is 0 Å². The lowest BCUT2D eigenvalue weighted by atomic mass is 9.82. The Balaban J connectivity index is 1.38. The van der Waals surface area contributed by atoms with Crippen LogP contribution in [0.1, 0.15) is 68.1 Å². The van der Waals surface area contributed by atoms with E-state index in [1.54, 1.807) is 22.9 Å². The standard InChI is InChI=1S/C31H43FN8O3S/c1-21(2)37-16-18-38(19-17-37)24-12-14-39(15-13-24)27-20-26(31(41)35-44(42,43)36(3)4)33-30-28(27)29(22-6-5-7-22)34-40(30)25-10-8-23(32)9-11-25/h8-11,20-22,24H,5-7,12-19H2,1-4H3,(H,35,41). The second-order valence-corrected chi connectivity index (χ2v) is 14.6. The van der Waals surface area contributed by atoms with Crippen LogP contribution in [0.2, 0.25) is 0 Å². The van der Waals surface area contributed by atoms with Crippen LogP contribution in [-0.2, 0) is 10.2 Å². The van der Waals surface area contributed by atoms with E-state index in [1.165, 1.54) is 26.2 Å². The van der Waals surface area contributed by atoms with Crippen LogP contribution in [0.25, 0.3) is 16.7 Å². The summed E-state index contributed by atoms with van der Waals surface area (Å²) in [5.41, 5.74) is 2.86. The number of rotatable bonds is 8. The van der Waals surface area contributed by atoms with Crippen LogP contribution >= 0.6 is 0 Å².